The number of nitrogens with zero attached hydrogens (tertiary/aromatic N) is 1. The zero-order valence-electron chi connectivity index (χ0n) is 9.89. The van der Waals surface area contributed by atoms with E-state index in [0.29, 0.717) is 12.1 Å². The van der Waals surface area contributed by atoms with Gasteiger partial charge >= 0.3 is 0 Å². The second kappa shape index (κ2) is 5.43. The summed E-state index contributed by atoms with van der Waals surface area (Å²) in [5.41, 5.74) is 7.44. The van der Waals surface area contributed by atoms with Gasteiger partial charge < -0.3 is 11.1 Å². The Morgan fingerprint density at radius 1 is 1.38 bits per heavy atom. The number of hydrogen-bond donors (Lipinski definition) is 2. The number of hydrogen-bond acceptors (Lipinski definition) is 3. The van der Waals surface area contributed by atoms with Crippen molar-refractivity contribution in [2.24, 2.45) is 5.73 Å². The molecule has 3 heteroatoms. The first-order chi connectivity index (χ1) is 7.79. The van der Waals surface area contributed by atoms with E-state index in [0.717, 1.165) is 26.1 Å². The van der Waals surface area contributed by atoms with Gasteiger partial charge in [0.25, 0.3) is 0 Å². The lowest BCUT2D eigenvalue weighted by molar-refractivity contribution is 0.170. The van der Waals surface area contributed by atoms with Crippen LogP contribution in [0.4, 0.5) is 0 Å². The molecule has 0 saturated carbocycles. The highest BCUT2D eigenvalue weighted by molar-refractivity contribution is 5.14. The Bertz CT molecular complexity index is 312. The molecule has 88 valence electrons. The zero-order chi connectivity index (χ0) is 11.4. The third-order valence-electron chi connectivity index (χ3n) is 3.37. The normalized spacial score (nSPS) is 26.9. The highest BCUT2D eigenvalue weighted by atomic mass is 15.2. The molecule has 0 bridgehead atoms. The first-order valence-corrected chi connectivity index (χ1v) is 5.98. The molecule has 1 saturated heterocycles. The van der Waals surface area contributed by atoms with Crippen molar-refractivity contribution < 1.29 is 0 Å². The van der Waals surface area contributed by atoms with Crippen molar-refractivity contribution >= 4 is 0 Å². The van der Waals surface area contributed by atoms with Crippen molar-refractivity contribution in [3.8, 4) is 0 Å². The second-order valence-electron chi connectivity index (χ2n) is 4.57. The van der Waals surface area contributed by atoms with Gasteiger partial charge in [-0.05, 0) is 19.0 Å². The molecule has 16 heavy (non-hydrogen) atoms. The van der Waals surface area contributed by atoms with E-state index in [4.69, 9.17) is 5.73 Å². The van der Waals surface area contributed by atoms with Crippen LogP contribution in [0.2, 0.25) is 0 Å². The van der Waals surface area contributed by atoms with Crippen LogP contribution in [0.1, 0.15) is 12.0 Å². The average Bonchev–Trinajstić information content (AvgIpc) is 2.33. The van der Waals surface area contributed by atoms with Gasteiger partial charge in [0.15, 0.2) is 0 Å². The van der Waals surface area contributed by atoms with Crippen molar-refractivity contribution in [2.45, 2.75) is 25.0 Å². The lowest BCUT2D eigenvalue weighted by Crippen LogP contribution is -2.55. The van der Waals surface area contributed by atoms with Crippen LogP contribution in [-0.4, -0.2) is 37.1 Å². The highest BCUT2D eigenvalue weighted by Crippen LogP contribution is 2.12. The van der Waals surface area contributed by atoms with E-state index in [1.807, 2.05) is 7.05 Å². The van der Waals surface area contributed by atoms with Crippen LogP contribution in [-0.2, 0) is 6.54 Å². The molecule has 0 aromatic heterocycles. The standard InChI is InChI=1S/C13H21N3/c1-15-13-10-16(8-7-12(13)14)9-11-5-3-2-4-6-11/h2-6,12-13,15H,7-10,14H2,1H3/t12-,13+/m0/s1. The minimum absolute atomic E-state index is 0.303. The van der Waals surface area contributed by atoms with Crippen LogP contribution in [0.15, 0.2) is 30.3 Å². The van der Waals surface area contributed by atoms with Crippen LogP contribution in [0, 0.1) is 0 Å². The van der Waals surface area contributed by atoms with E-state index in [-0.39, 0.29) is 0 Å². The summed E-state index contributed by atoms with van der Waals surface area (Å²) in [6.45, 7) is 3.19. The topological polar surface area (TPSA) is 41.3 Å². The predicted octanol–water partition coefficient (Wildman–Crippen LogP) is 0.808. The van der Waals surface area contributed by atoms with Gasteiger partial charge in [-0.1, -0.05) is 30.3 Å². The van der Waals surface area contributed by atoms with Gasteiger partial charge in [0.2, 0.25) is 0 Å². The summed E-state index contributed by atoms with van der Waals surface area (Å²) < 4.78 is 0. The molecular weight excluding hydrogens is 198 g/mol. The molecule has 0 amide bonds. The van der Waals surface area contributed by atoms with E-state index in [1.165, 1.54) is 5.56 Å². The van der Waals surface area contributed by atoms with Crippen molar-refractivity contribution in [3.05, 3.63) is 35.9 Å². The highest BCUT2D eigenvalue weighted by Gasteiger charge is 2.24. The summed E-state index contributed by atoms with van der Waals surface area (Å²) in [7, 11) is 2.00. The molecule has 1 aromatic rings. The smallest absolute Gasteiger partial charge is 0.0345 e. The Morgan fingerprint density at radius 3 is 2.81 bits per heavy atom. The summed E-state index contributed by atoms with van der Waals surface area (Å²) in [5, 5.41) is 3.30. The fourth-order valence-electron chi connectivity index (χ4n) is 2.33. The minimum atomic E-state index is 0.303. The van der Waals surface area contributed by atoms with E-state index < -0.39 is 0 Å². The quantitative estimate of drug-likeness (QED) is 0.790. The van der Waals surface area contributed by atoms with Crippen LogP contribution in [0.5, 0.6) is 0 Å². The first kappa shape index (κ1) is 11.6. The van der Waals surface area contributed by atoms with Crippen LogP contribution in [0.25, 0.3) is 0 Å². The van der Waals surface area contributed by atoms with E-state index >= 15 is 0 Å². The molecular formula is C13H21N3. The molecule has 3 nitrogen and oxygen atoms in total. The molecule has 0 spiro atoms. The number of nitrogens with two attached hydrogens (primary N) is 1. The molecule has 1 heterocycles. The molecule has 2 rings (SSSR count). The van der Waals surface area contributed by atoms with Gasteiger partial charge in [-0.25, -0.2) is 0 Å². The van der Waals surface area contributed by atoms with Crippen LogP contribution < -0.4 is 11.1 Å². The fourth-order valence-corrected chi connectivity index (χ4v) is 2.33. The SMILES string of the molecule is CN[C@@H]1CN(Cc2ccccc2)CC[C@@H]1N. The summed E-state index contributed by atoms with van der Waals surface area (Å²) in [5.74, 6) is 0. The van der Waals surface area contributed by atoms with Gasteiger partial charge in [-0.2, -0.15) is 0 Å². The average molecular weight is 219 g/mol. The third kappa shape index (κ3) is 2.82. The Morgan fingerprint density at radius 2 is 2.12 bits per heavy atom. The third-order valence-corrected chi connectivity index (χ3v) is 3.37. The number of piperidine rings is 1. The van der Waals surface area contributed by atoms with Crippen molar-refractivity contribution in [1.29, 1.82) is 0 Å². The number of likely N-dealkylation sites (tertiary alicyclic amines) is 1. The molecule has 1 aliphatic heterocycles. The van der Waals surface area contributed by atoms with Gasteiger partial charge in [-0.15, -0.1) is 0 Å². The maximum atomic E-state index is 6.06. The summed E-state index contributed by atoms with van der Waals surface area (Å²) >= 11 is 0. The van der Waals surface area contributed by atoms with E-state index in [1.54, 1.807) is 0 Å². The Kier molecular flexibility index (Phi) is 3.93. The van der Waals surface area contributed by atoms with Gasteiger partial charge in [0.05, 0.1) is 0 Å². The first-order valence-electron chi connectivity index (χ1n) is 5.98. The number of nitrogens with one attached hydrogen (secondary N) is 1. The Labute approximate surface area is 97.6 Å². The van der Waals surface area contributed by atoms with Gasteiger partial charge in [0.1, 0.15) is 0 Å². The van der Waals surface area contributed by atoms with Crippen molar-refractivity contribution in [1.82, 2.24) is 10.2 Å². The zero-order valence-corrected chi connectivity index (χ0v) is 9.89. The molecule has 1 fully saturated rings. The van der Waals surface area contributed by atoms with E-state index in [2.05, 4.69) is 40.5 Å². The lowest BCUT2D eigenvalue weighted by atomic mass is 10.00. The van der Waals surface area contributed by atoms with E-state index in [9.17, 15) is 0 Å². The predicted molar refractivity (Wildman–Crippen MR) is 67.2 cm³/mol. The number of likely N-dealkylation sites (N-methyl/N-ethyl adjacent to an activating group) is 1. The molecule has 0 aliphatic carbocycles. The molecule has 0 radical (unpaired) electrons. The summed E-state index contributed by atoms with van der Waals surface area (Å²) in [6.07, 6.45) is 1.08. The van der Waals surface area contributed by atoms with Crippen LogP contribution >= 0.6 is 0 Å². The Balaban J connectivity index is 1.92. The lowest BCUT2D eigenvalue weighted by Gasteiger charge is -2.36. The fraction of sp³-hybridized carbons (Fsp3) is 0.538. The molecule has 3 N–H and O–H groups in total. The largest absolute Gasteiger partial charge is 0.326 e. The number of rotatable bonds is 3. The maximum Gasteiger partial charge on any atom is 0.0345 e. The monoisotopic (exact) mass is 219 g/mol. The maximum absolute atomic E-state index is 6.06. The number of benzene rings is 1. The van der Waals surface area contributed by atoms with Gasteiger partial charge in [0, 0.05) is 31.7 Å². The van der Waals surface area contributed by atoms with Crippen molar-refractivity contribution in [3.63, 3.8) is 0 Å². The molecule has 0 unspecified atom stereocenters. The molecule has 1 aliphatic rings. The summed E-state index contributed by atoms with van der Waals surface area (Å²) in [4.78, 5) is 2.47. The minimum Gasteiger partial charge on any atom is -0.326 e. The molecule has 1 aromatic carbocycles. The Hall–Kier alpha value is -0.900. The second-order valence-corrected chi connectivity index (χ2v) is 4.57. The van der Waals surface area contributed by atoms with Gasteiger partial charge in [-0.3, -0.25) is 4.90 Å². The molecule has 2 atom stereocenters. The van der Waals surface area contributed by atoms with Crippen molar-refractivity contribution in [2.75, 3.05) is 20.1 Å². The van der Waals surface area contributed by atoms with Crippen LogP contribution in [0.3, 0.4) is 0 Å². The summed E-state index contributed by atoms with van der Waals surface area (Å²) in [6, 6.07) is 11.4.